The van der Waals surface area contributed by atoms with Gasteiger partial charge in [0.1, 0.15) is 5.75 Å². The largest absolute Gasteiger partial charge is 0.497 e. The molecule has 0 aromatic heterocycles. The van der Waals surface area contributed by atoms with Crippen LogP contribution in [-0.4, -0.2) is 25.6 Å². The van der Waals surface area contributed by atoms with Gasteiger partial charge in [-0.15, -0.1) is 12.4 Å². The van der Waals surface area contributed by atoms with E-state index in [9.17, 15) is 4.79 Å². The fourth-order valence-corrected chi connectivity index (χ4v) is 2.90. The van der Waals surface area contributed by atoms with Gasteiger partial charge in [0.25, 0.3) is 0 Å². The van der Waals surface area contributed by atoms with Gasteiger partial charge in [0.15, 0.2) is 0 Å². The lowest BCUT2D eigenvalue weighted by Gasteiger charge is -2.22. The molecule has 1 heterocycles. The second kappa shape index (κ2) is 8.18. The number of carbonyl (C=O) groups is 1. The van der Waals surface area contributed by atoms with Crippen LogP contribution in [0.15, 0.2) is 36.4 Å². The highest BCUT2D eigenvalue weighted by Gasteiger charge is 2.19. The van der Waals surface area contributed by atoms with Gasteiger partial charge in [-0.2, -0.15) is 0 Å². The van der Waals surface area contributed by atoms with E-state index in [0.29, 0.717) is 6.54 Å². The van der Waals surface area contributed by atoms with E-state index in [0.717, 1.165) is 47.9 Å². The first-order valence-electron chi connectivity index (χ1n) is 7.84. The van der Waals surface area contributed by atoms with Gasteiger partial charge >= 0.3 is 0 Å². The van der Waals surface area contributed by atoms with Gasteiger partial charge in [0, 0.05) is 6.54 Å². The van der Waals surface area contributed by atoms with E-state index in [4.69, 9.17) is 4.74 Å². The van der Waals surface area contributed by atoms with Crippen LogP contribution in [0, 0.1) is 0 Å². The van der Waals surface area contributed by atoms with Crippen LogP contribution in [0.4, 0.5) is 0 Å². The summed E-state index contributed by atoms with van der Waals surface area (Å²) >= 11 is 0. The van der Waals surface area contributed by atoms with Crippen molar-refractivity contribution in [3.63, 3.8) is 0 Å². The summed E-state index contributed by atoms with van der Waals surface area (Å²) in [7, 11) is 1.67. The predicted molar refractivity (Wildman–Crippen MR) is 95.2 cm³/mol. The van der Waals surface area contributed by atoms with Gasteiger partial charge in [0.2, 0.25) is 5.91 Å². The van der Waals surface area contributed by atoms with E-state index in [1.165, 1.54) is 0 Å². The standard InChI is InChI=1S/C18H22N2O2.ClH/c1-22-16-8-7-14-10-13(5-6-15(14)11-16)12-20-18(21)17-4-2-3-9-19-17;/h5-8,10-11,17,19H,2-4,9,12H2,1H3,(H,20,21);1H/t17-;/m0./s1. The fraction of sp³-hybridized carbons (Fsp3) is 0.389. The minimum atomic E-state index is -0.0292. The summed E-state index contributed by atoms with van der Waals surface area (Å²) in [5.74, 6) is 0.964. The summed E-state index contributed by atoms with van der Waals surface area (Å²) in [5, 5.41) is 8.60. The molecule has 0 radical (unpaired) electrons. The molecule has 5 heteroatoms. The van der Waals surface area contributed by atoms with E-state index in [1.807, 2.05) is 18.2 Å². The van der Waals surface area contributed by atoms with Gasteiger partial charge < -0.3 is 15.4 Å². The third-order valence-corrected chi connectivity index (χ3v) is 4.21. The van der Waals surface area contributed by atoms with Crippen LogP contribution in [0.5, 0.6) is 5.75 Å². The number of rotatable bonds is 4. The SMILES string of the molecule is COc1ccc2cc(CNC(=O)[C@@H]3CCCCN3)ccc2c1.Cl. The summed E-state index contributed by atoms with van der Waals surface area (Å²) in [6.07, 6.45) is 3.23. The zero-order chi connectivity index (χ0) is 15.4. The monoisotopic (exact) mass is 334 g/mol. The zero-order valence-corrected chi connectivity index (χ0v) is 14.1. The van der Waals surface area contributed by atoms with E-state index in [2.05, 4.69) is 28.8 Å². The molecule has 0 aliphatic carbocycles. The Bertz CT molecular complexity index is 669. The van der Waals surface area contributed by atoms with Crippen molar-refractivity contribution in [2.24, 2.45) is 0 Å². The lowest BCUT2D eigenvalue weighted by molar-refractivity contribution is -0.123. The predicted octanol–water partition coefficient (Wildman–Crippen LogP) is 3.03. The molecule has 124 valence electrons. The number of hydrogen-bond donors (Lipinski definition) is 2. The molecule has 2 aromatic rings. The second-order valence-corrected chi connectivity index (χ2v) is 5.77. The van der Waals surface area contributed by atoms with Gasteiger partial charge in [0.05, 0.1) is 13.2 Å². The number of methoxy groups -OCH3 is 1. The van der Waals surface area contributed by atoms with Crippen molar-refractivity contribution < 1.29 is 9.53 Å². The van der Waals surface area contributed by atoms with Crippen LogP contribution >= 0.6 is 12.4 Å². The highest BCUT2D eigenvalue weighted by atomic mass is 35.5. The molecule has 23 heavy (non-hydrogen) atoms. The van der Waals surface area contributed by atoms with Crippen LogP contribution in [-0.2, 0) is 11.3 Å². The first-order chi connectivity index (χ1) is 10.8. The zero-order valence-electron chi connectivity index (χ0n) is 13.3. The Morgan fingerprint density at radius 2 is 2.00 bits per heavy atom. The number of carbonyl (C=O) groups excluding carboxylic acids is 1. The molecular weight excluding hydrogens is 312 g/mol. The first-order valence-corrected chi connectivity index (χ1v) is 7.84. The molecule has 1 aliphatic heterocycles. The number of piperidine rings is 1. The van der Waals surface area contributed by atoms with E-state index < -0.39 is 0 Å². The minimum Gasteiger partial charge on any atom is -0.497 e. The van der Waals surface area contributed by atoms with Crippen molar-refractivity contribution >= 4 is 29.1 Å². The molecule has 1 saturated heterocycles. The molecule has 4 nitrogen and oxygen atoms in total. The normalized spacial score (nSPS) is 17.3. The average Bonchev–Trinajstić information content (AvgIpc) is 2.59. The van der Waals surface area contributed by atoms with Crippen LogP contribution in [0.1, 0.15) is 24.8 Å². The maximum absolute atomic E-state index is 12.1. The molecule has 3 rings (SSSR count). The van der Waals surface area contributed by atoms with Crippen LogP contribution in [0.2, 0.25) is 0 Å². The molecule has 0 bridgehead atoms. The maximum atomic E-state index is 12.1. The molecular formula is C18H23ClN2O2. The Morgan fingerprint density at radius 3 is 2.74 bits per heavy atom. The number of ether oxygens (including phenoxy) is 1. The van der Waals surface area contributed by atoms with Crippen molar-refractivity contribution in [3.05, 3.63) is 42.0 Å². The van der Waals surface area contributed by atoms with Gasteiger partial charge in [-0.1, -0.05) is 24.6 Å². The van der Waals surface area contributed by atoms with Crippen molar-refractivity contribution in [3.8, 4) is 5.75 Å². The molecule has 0 saturated carbocycles. The molecule has 2 N–H and O–H groups in total. The Labute approximate surface area is 143 Å². The lowest BCUT2D eigenvalue weighted by Crippen LogP contribution is -2.46. The number of amides is 1. The number of halogens is 1. The van der Waals surface area contributed by atoms with E-state index in [-0.39, 0.29) is 24.4 Å². The topological polar surface area (TPSA) is 50.4 Å². The summed E-state index contributed by atoms with van der Waals surface area (Å²) in [5.41, 5.74) is 1.11. The smallest absolute Gasteiger partial charge is 0.237 e. The third kappa shape index (κ3) is 4.36. The van der Waals surface area contributed by atoms with Crippen molar-refractivity contribution in [2.75, 3.05) is 13.7 Å². The van der Waals surface area contributed by atoms with Crippen molar-refractivity contribution in [1.29, 1.82) is 0 Å². The summed E-state index contributed by atoms with van der Waals surface area (Å²) in [6.45, 7) is 1.51. The van der Waals surface area contributed by atoms with Gasteiger partial charge in [-0.25, -0.2) is 0 Å². The quantitative estimate of drug-likeness (QED) is 0.903. The number of benzene rings is 2. The Kier molecular flexibility index (Phi) is 6.25. The fourth-order valence-electron chi connectivity index (χ4n) is 2.90. The van der Waals surface area contributed by atoms with E-state index >= 15 is 0 Å². The number of nitrogens with one attached hydrogen (secondary N) is 2. The van der Waals surface area contributed by atoms with Gasteiger partial charge in [-0.05, 0) is 53.9 Å². The molecule has 1 amide bonds. The van der Waals surface area contributed by atoms with Gasteiger partial charge in [-0.3, -0.25) is 4.79 Å². The molecule has 0 spiro atoms. The minimum absolute atomic E-state index is 0. The summed E-state index contributed by atoms with van der Waals surface area (Å²) < 4.78 is 5.23. The molecule has 1 fully saturated rings. The Morgan fingerprint density at radius 1 is 1.22 bits per heavy atom. The highest BCUT2D eigenvalue weighted by Crippen LogP contribution is 2.21. The van der Waals surface area contributed by atoms with Crippen LogP contribution in [0.25, 0.3) is 10.8 Å². The Hall–Kier alpha value is -1.78. The molecule has 1 atom stereocenters. The number of hydrogen-bond acceptors (Lipinski definition) is 3. The average molecular weight is 335 g/mol. The Balaban J connectivity index is 0.00000192. The molecule has 2 aromatic carbocycles. The van der Waals surface area contributed by atoms with Crippen LogP contribution < -0.4 is 15.4 Å². The maximum Gasteiger partial charge on any atom is 0.237 e. The van der Waals surface area contributed by atoms with Crippen LogP contribution in [0.3, 0.4) is 0 Å². The van der Waals surface area contributed by atoms with E-state index in [1.54, 1.807) is 7.11 Å². The lowest BCUT2D eigenvalue weighted by atomic mass is 10.0. The van der Waals surface area contributed by atoms with Crippen molar-refractivity contribution in [2.45, 2.75) is 31.8 Å². The number of fused-ring (bicyclic) bond motifs is 1. The summed E-state index contributed by atoms with van der Waals surface area (Å²) in [6, 6.07) is 12.2. The first kappa shape index (κ1) is 17.6. The molecule has 1 aliphatic rings. The van der Waals surface area contributed by atoms with Crippen molar-refractivity contribution in [1.82, 2.24) is 10.6 Å². The highest BCUT2D eigenvalue weighted by molar-refractivity contribution is 5.85. The summed E-state index contributed by atoms with van der Waals surface area (Å²) in [4.78, 5) is 12.1. The second-order valence-electron chi connectivity index (χ2n) is 5.77. The third-order valence-electron chi connectivity index (χ3n) is 4.21. The molecule has 0 unspecified atom stereocenters.